The van der Waals surface area contributed by atoms with Gasteiger partial charge >= 0.3 is 0 Å². The molecular weight excluding hydrogens is 190 g/mol. The average molecular weight is 203 g/mol. The second-order valence-electron chi connectivity index (χ2n) is 4.53. The van der Waals surface area contributed by atoms with E-state index in [-0.39, 0.29) is 5.41 Å². The van der Waals surface area contributed by atoms with Gasteiger partial charge in [-0.3, -0.25) is 4.79 Å². The van der Waals surface area contributed by atoms with Crippen molar-refractivity contribution in [1.82, 2.24) is 14.6 Å². The molecule has 0 N–H and O–H groups in total. The Bertz CT molecular complexity index is 508. The summed E-state index contributed by atoms with van der Waals surface area (Å²) >= 11 is 0. The minimum absolute atomic E-state index is 0.105. The monoisotopic (exact) mass is 203 g/mol. The second kappa shape index (κ2) is 3.15. The number of hydrogen-bond donors (Lipinski definition) is 0. The molecule has 4 nitrogen and oxygen atoms in total. The number of hydrogen-bond acceptors (Lipinski definition) is 3. The summed E-state index contributed by atoms with van der Waals surface area (Å²) in [7, 11) is 0. The smallest absolute Gasteiger partial charge is 0.166 e. The molecule has 2 aromatic heterocycles. The third-order valence-corrected chi connectivity index (χ3v) is 2.19. The summed E-state index contributed by atoms with van der Waals surface area (Å²) in [6.07, 6.45) is 2.60. The molecular formula is C11H13N3O. The fraction of sp³-hybridized carbons (Fsp3) is 0.364. The van der Waals surface area contributed by atoms with Crippen LogP contribution < -0.4 is 0 Å². The fourth-order valence-corrected chi connectivity index (χ4v) is 1.34. The van der Waals surface area contributed by atoms with Crippen molar-refractivity contribution in [2.24, 2.45) is 0 Å². The highest BCUT2D eigenvalue weighted by Crippen LogP contribution is 2.19. The number of carbonyl (C=O) groups excluding carboxylic acids is 1. The number of fused-ring (bicyclic) bond motifs is 1. The summed E-state index contributed by atoms with van der Waals surface area (Å²) < 4.78 is 1.64. The molecule has 4 heteroatoms. The molecule has 0 atom stereocenters. The van der Waals surface area contributed by atoms with E-state index in [2.05, 4.69) is 10.1 Å². The van der Waals surface area contributed by atoms with E-state index in [0.717, 1.165) is 12.1 Å². The lowest BCUT2D eigenvalue weighted by Crippen LogP contribution is -2.13. The highest BCUT2D eigenvalue weighted by Gasteiger charge is 2.20. The number of aldehydes is 1. The highest BCUT2D eigenvalue weighted by atomic mass is 16.1. The van der Waals surface area contributed by atoms with Gasteiger partial charge in [-0.25, -0.2) is 9.50 Å². The predicted molar refractivity (Wildman–Crippen MR) is 57.1 cm³/mol. The maximum atomic E-state index is 10.8. The van der Waals surface area contributed by atoms with E-state index in [4.69, 9.17) is 0 Å². The molecule has 0 saturated heterocycles. The molecule has 0 unspecified atom stereocenters. The van der Waals surface area contributed by atoms with E-state index in [0.29, 0.717) is 11.2 Å². The van der Waals surface area contributed by atoms with Gasteiger partial charge < -0.3 is 0 Å². The van der Waals surface area contributed by atoms with E-state index < -0.39 is 0 Å². The normalized spacial score (nSPS) is 11.9. The number of carbonyl (C=O) groups is 1. The fourth-order valence-electron chi connectivity index (χ4n) is 1.34. The number of pyridine rings is 1. The van der Waals surface area contributed by atoms with Crippen molar-refractivity contribution in [2.45, 2.75) is 26.2 Å². The minimum atomic E-state index is -0.105. The molecule has 0 spiro atoms. The Labute approximate surface area is 87.9 Å². The van der Waals surface area contributed by atoms with E-state index >= 15 is 0 Å². The molecule has 0 aliphatic carbocycles. The largest absolute Gasteiger partial charge is 0.298 e. The van der Waals surface area contributed by atoms with Crippen LogP contribution in [0.1, 0.15) is 37.0 Å². The van der Waals surface area contributed by atoms with Crippen molar-refractivity contribution < 1.29 is 4.79 Å². The van der Waals surface area contributed by atoms with Crippen LogP contribution in [-0.2, 0) is 5.41 Å². The first kappa shape index (κ1) is 9.83. The van der Waals surface area contributed by atoms with E-state index in [9.17, 15) is 4.79 Å². The van der Waals surface area contributed by atoms with Crippen molar-refractivity contribution in [3.05, 3.63) is 29.7 Å². The number of aromatic nitrogens is 3. The van der Waals surface area contributed by atoms with Crippen LogP contribution in [-0.4, -0.2) is 20.9 Å². The lowest BCUT2D eigenvalue weighted by atomic mass is 9.96. The first-order valence-electron chi connectivity index (χ1n) is 4.83. The Kier molecular flexibility index (Phi) is 2.07. The predicted octanol–water partition coefficient (Wildman–Crippen LogP) is 1.84. The first-order chi connectivity index (χ1) is 7.02. The molecule has 0 bridgehead atoms. The maximum absolute atomic E-state index is 10.8. The second-order valence-corrected chi connectivity index (χ2v) is 4.53. The van der Waals surface area contributed by atoms with Crippen molar-refractivity contribution in [1.29, 1.82) is 0 Å². The van der Waals surface area contributed by atoms with E-state index in [1.165, 1.54) is 0 Å². The summed E-state index contributed by atoms with van der Waals surface area (Å²) in [6, 6.07) is 3.53. The molecule has 78 valence electrons. The molecule has 2 rings (SSSR count). The van der Waals surface area contributed by atoms with Gasteiger partial charge in [0, 0.05) is 11.6 Å². The Morgan fingerprint density at radius 2 is 2.13 bits per heavy atom. The molecule has 0 aliphatic rings. The molecule has 0 saturated carbocycles. The van der Waals surface area contributed by atoms with Crippen molar-refractivity contribution in [3.8, 4) is 0 Å². The van der Waals surface area contributed by atoms with Gasteiger partial charge in [0.1, 0.15) is 0 Å². The van der Waals surface area contributed by atoms with Gasteiger partial charge in [-0.2, -0.15) is 5.10 Å². The van der Waals surface area contributed by atoms with Gasteiger partial charge in [-0.15, -0.1) is 0 Å². The molecule has 2 aromatic rings. The van der Waals surface area contributed by atoms with Crippen LogP contribution in [0, 0.1) is 0 Å². The van der Waals surface area contributed by atoms with E-state index in [1.807, 2.05) is 20.8 Å². The van der Waals surface area contributed by atoms with Gasteiger partial charge in [0.15, 0.2) is 17.8 Å². The van der Waals surface area contributed by atoms with Crippen LogP contribution in [0.2, 0.25) is 0 Å². The zero-order valence-electron chi connectivity index (χ0n) is 9.06. The summed E-state index contributed by atoms with van der Waals surface area (Å²) in [5.41, 5.74) is 1.09. The van der Waals surface area contributed by atoms with Crippen LogP contribution in [0.15, 0.2) is 18.3 Å². The van der Waals surface area contributed by atoms with E-state index in [1.54, 1.807) is 22.8 Å². The van der Waals surface area contributed by atoms with Crippen molar-refractivity contribution >= 4 is 11.9 Å². The SMILES string of the molecule is CC(C)(C)c1nc2c(C=O)cccn2n1. The zero-order valence-corrected chi connectivity index (χ0v) is 9.06. The molecule has 0 amide bonds. The summed E-state index contributed by atoms with van der Waals surface area (Å²) in [5, 5.41) is 4.34. The molecule has 0 aliphatic heterocycles. The van der Waals surface area contributed by atoms with Crippen molar-refractivity contribution in [3.63, 3.8) is 0 Å². The lowest BCUT2D eigenvalue weighted by Gasteiger charge is -2.11. The summed E-state index contributed by atoms with van der Waals surface area (Å²) in [6.45, 7) is 6.13. The van der Waals surface area contributed by atoms with Gasteiger partial charge in [0.2, 0.25) is 0 Å². The maximum Gasteiger partial charge on any atom is 0.166 e. The topological polar surface area (TPSA) is 47.3 Å². The van der Waals surface area contributed by atoms with Crippen LogP contribution in [0.5, 0.6) is 0 Å². The zero-order chi connectivity index (χ0) is 11.1. The summed E-state index contributed by atoms with van der Waals surface area (Å²) in [4.78, 5) is 15.2. The summed E-state index contributed by atoms with van der Waals surface area (Å²) in [5.74, 6) is 0.747. The van der Waals surface area contributed by atoms with Gasteiger partial charge in [0.25, 0.3) is 0 Å². The Hall–Kier alpha value is -1.71. The average Bonchev–Trinajstić information content (AvgIpc) is 2.59. The Morgan fingerprint density at radius 1 is 1.40 bits per heavy atom. The quantitative estimate of drug-likeness (QED) is 0.664. The first-order valence-corrected chi connectivity index (χ1v) is 4.83. The van der Waals surface area contributed by atoms with Gasteiger partial charge in [-0.05, 0) is 12.1 Å². The van der Waals surface area contributed by atoms with Crippen LogP contribution in [0.4, 0.5) is 0 Å². The minimum Gasteiger partial charge on any atom is -0.298 e. The number of rotatable bonds is 1. The number of nitrogens with zero attached hydrogens (tertiary/aromatic N) is 3. The highest BCUT2D eigenvalue weighted by molar-refractivity contribution is 5.83. The lowest BCUT2D eigenvalue weighted by molar-refractivity contribution is 0.112. The third-order valence-electron chi connectivity index (χ3n) is 2.19. The van der Waals surface area contributed by atoms with Crippen LogP contribution in [0.3, 0.4) is 0 Å². The van der Waals surface area contributed by atoms with Crippen LogP contribution in [0.25, 0.3) is 5.65 Å². The third kappa shape index (κ3) is 1.63. The molecule has 0 fully saturated rings. The van der Waals surface area contributed by atoms with Gasteiger partial charge in [-0.1, -0.05) is 20.8 Å². The molecule has 0 radical (unpaired) electrons. The standard InChI is InChI=1S/C11H13N3O/c1-11(2,3)10-12-9-8(7-15)5-4-6-14(9)13-10/h4-7H,1-3H3. The van der Waals surface area contributed by atoms with Crippen molar-refractivity contribution in [2.75, 3.05) is 0 Å². The Morgan fingerprint density at radius 3 is 2.73 bits per heavy atom. The van der Waals surface area contributed by atoms with Crippen LogP contribution >= 0.6 is 0 Å². The molecule has 2 heterocycles. The van der Waals surface area contributed by atoms with Gasteiger partial charge in [0.05, 0.1) is 5.56 Å². The Balaban J connectivity index is 2.70. The molecule has 15 heavy (non-hydrogen) atoms. The molecule has 0 aromatic carbocycles.